The van der Waals surface area contributed by atoms with Crippen molar-refractivity contribution >= 4 is 33.4 Å². The van der Waals surface area contributed by atoms with Gasteiger partial charge in [0, 0.05) is 36.5 Å². The first kappa shape index (κ1) is 27.3. The largest absolute Gasteiger partial charge is 0.493 e. The monoisotopic (exact) mass is 599 g/mol. The molecule has 5 N–H and O–H groups in total. The van der Waals surface area contributed by atoms with E-state index in [2.05, 4.69) is 36.3 Å². The number of hydrogen-bond donors (Lipinski definition) is 4. The number of aromatic nitrogens is 4. The molecule has 0 fully saturated rings. The molecule has 0 saturated heterocycles. The molecule has 1 atom stereocenters. The maximum atomic E-state index is 15.5. The fraction of sp³-hybridized carbons (Fsp3) is 0.160. The van der Waals surface area contributed by atoms with Crippen LogP contribution in [0.3, 0.4) is 0 Å². The summed E-state index contributed by atoms with van der Waals surface area (Å²) in [6, 6.07) is 9.30. The molecule has 4 rings (SSSR count). The zero-order valence-corrected chi connectivity index (χ0v) is 22.5. The summed E-state index contributed by atoms with van der Waals surface area (Å²) >= 11 is 3.35. The van der Waals surface area contributed by atoms with Crippen LogP contribution in [0.25, 0.3) is 5.82 Å². The van der Waals surface area contributed by atoms with Crippen molar-refractivity contribution in [2.75, 3.05) is 19.5 Å². The Labute approximate surface area is 229 Å². The van der Waals surface area contributed by atoms with E-state index in [1.165, 1.54) is 45.5 Å². The number of carbonyl (C=O) groups excluding carboxylic acids is 1. The van der Waals surface area contributed by atoms with Crippen LogP contribution in [0.2, 0.25) is 0 Å². The second-order valence-corrected chi connectivity index (χ2v) is 8.91. The van der Waals surface area contributed by atoms with Crippen molar-refractivity contribution < 1.29 is 23.4 Å². The van der Waals surface area contributed by atoms with Gasteiger partial charge in [0.1, 0.15) is 23.4 Å². The number of benzene rings is 2. The van der Waals surface area contributed by atoms with E-state index >= 15 is 4.39 Å². The number of carbonyl (C=O) groups is 1. The smallest absolute Gasteiger partial charge is 0.349 e. The Morgan fingerprint density at radius 3 is 2.54 bits per heavy atom. The first-order valence-corrected chi connectivity index (χ1v) is 12.1. The highest BCUT2D eigenvalue weighted by Crippen LogP contribution is 2.36. The Morgan fingerprint density at radius 2 is 1.90 bits per heavy atom. The van der Waals surface area contributed by atoms with Crippen LogP contribution in [0.4, 0.5) is 10.1 Å². The number of nitrogens with one attached hydrogen (secondary N) is 3. The number of halogens is 2. The molecular weight excluding hydrogens is 577 g/mol. The maximum Gasteiger partial charge on any atom is 0.349 e. The summed E-state index contributed by atoms with van der Waals surface area (Å²) in [4.78, 5) is 31.4. The van der Waals surface area contributed by atoms with Gasteiger partial charge in [-0.2, -0.15) is 4.68 Å². The van der Waals surface area contributed by atoms with Crippen LogP contribution in [-0.4, -0.2) is 45.8 Å². The van der Waals surface area contributed by atoms with E-state index in [-0.39, 0.29) is 45.9 Å². The quantitative estimate of drug-likeness (QED) is 0.0975. The fourth-order valence-corrected chi connectivity index (χ4v) is 4.20. The van der Waals surface area contributed by atoms with Gasteiger partial charge in [-0.25, -0.2) is 14.2 Å². The van der Waals surface area contributed by atoms with Crippen molar-refractivity contribution in [3.05, 3.63) is 86.4 Å². The van der Waals surface area contributed by atoms with Gasteiger partial charge < -0.3 is 25.3 Å². The van der Waals surface area contributed by atoms with Crippen molar-refractivity contribution in [2.45, 2.75) is 13.0 Å². The van der Waals surface area contributed by atoms with Gasteiger partial charge in [-0.05, 0) is 46.3 Å². The molecule has 1 unspecified atom stereocenters. The molecule has 2 heterocycles. The SMILES string of the molecule is COc1cc(F)c(C(Nc2ccc(C(=N)N)c(OC(C)=O)c2)c2nn(-c3ncccc3Br)c(=O)[nH]2)cc1OC. The highest BCUT2D eigenvalue weighted by molar-refractivity contribution is 9.10. The van der Waals surface area contributed by atoms with Crippen LogP contribution in [0.15, 0.2) is 57.9 Å². The summed E-state index contributed by atoms with van der Waals surface area (Å²) in [7, 11) is 2.78. The van der Waals surface area contributed by atoms with Gasteiger partial charge in [0.05, 0.1) is 24.3 Å². The first-order chi connectivity index (χ1) is 18.6. The van der Waals surface area contributed by atoms with Crippen molar-refractivity contribution in [2.24, 2.45) is 5.73 Å². The van der Waals surface area contributed by atoms with Gasteiger partial charge in [-0.1, -0.05) is 0 Å². The van der Waals surface area contributed by atoms with E-state index in [0.717, 1.165) is 10.7 Å². The van der Waals surface area contributed by atoms with Gasteiger partial charge in [-0.15, -0.1) is 5.10 Å². The number of rotatable bonds is 9. The molecule has 0 bridgehead atoms. The van der Waals surface area contributed by atoms with E-state index in [1.54, 1.807) is 18.2 Å². The maximum absolute atomic E-state index is 15.5. The van der Waals surface area contributed by atoms with Gasteiger partial charge >= 0.3 is 11.7 Å². The Morgan fingerprint density at radius 1 is 1.18 bits per heavy atom. The van der Waals surface area contributed by atoms with Crippen molar-refractivity contribution in [3.8, 4) is 23.1 Å². The molecule has 0 aliphatic heterocycles. The number of amidine groups is 1. The topological polar surface area (TPSA) is 170 Å². The molecule has 14 heteroatoms. The van der Waals surface area contributed by atoms with Crippen LogP contribution in [0.1, 0.15) is 29.9 Å². The third-order valence-electron chi connectivity index (χ3n) is 5.50. The second kappa shape index (κ2) is 11.3. The third kappa shape index (κ3) is 5.75. The predicted octanol–water partition coefficient (Wildman–Crippen LogP) is 3.29. The van der Waals surface area contributed by atoms with Gasteiger partial charge in [0.25, 0.3) is 0 Å². The zero-order chi connectivity index (χ0) is 28.3. The Kier molecular flexibility index (Phi) is 7.95. The molecule has 0 spiro atoms. The summed E-state index contributed by atoms with van der Waals surface area (Å²) < 4.78 is 32.8. The van der Waals surface area contributed by atoms with Crippen molar-refractivity contribution in [1.29, 1.82) is 5.41 Å². The highest BCUT2D eigenvalue weighted by Gasteiger charge is 2.26. The number of anilines is 1. The van der Waals surface area contributed by atoms with Crippen molar-refractivity contribution in [3.63, 3.8) is 0 Å². The number of H-pyrrole nitrogens is 1. The molecule has 12 nitrogen and oxygen atoms in total. The number of esters is 1. The summed E-state index contributed by atoms with van der Waals surface area (Å²) in [6.07, 6.45) is 1.50. The van der Waals surface area contributed by atoms with Crippen molar-refractivity contribution in [1.82, 2.24) is 19.7 Å². The molecule has 4 aromatic rings. The number of methoxy groups -OCH3 is 2. The Bertz CT molecular complexity index is 1620. The van der Waals surface area contributed by atoms with Crippen LogP contribution in [0.5, 0.6) is 17.2 Å². The van der Waals surface area contributed by atoms with E-state index in [9.17, 15) is 9.59 Å². The number of pyridine rings is 1. The number of ether oxygens (including phenoxy) is 3. The summed E-state index contributed by atoms with van der Waals surface area (Å²) in [5.41, 5.74) is 5.58. The number of aromatic amines is 1. The van der Waals surface area contributed by atoms with E-state index in [0.29, 0.717) is 10.2 Å². The predicted molar refractivity (Wildman–Crippen MR) is 143 cm³/mol. The normalized spacial score (nSPS) is 11.5. The zero-order valence-electron chi connectivity index (χ0n) is 20.9. The summed E-state index contributed by atoms with van der Waals surface area (Å²) in [5.74, 6) is -0.944. The molecular formula is C25H23BrFN7O5. The first-order valence-electron chi connectivity index (χ1n) is 11.3. The summed E-state index contributed by atoms with van der Waals surface area (Å²) in [6.45, 7) is 1.21. The van der Waals surface area contributed by atoms with Crippen LogP contribution >= 0.6 is 15.9 Å². The molecule has 0 radical (unpaired) electrons. The molecule has 0 aliphatic carbocycles. The Balaban J connectivity index is 1.88. The standard InChI is InChI=1S/C25H23BrFN7O5/c1-12(35)39-18-9-13(6-7-14(18)22(28)29)31-21(15-10-19(37-2)20(38-3)11-17(15)27)23-32-25(36)34(33-23)24-16(26)5-4-8-30-24/h4-11,21,31H,1-3H3,(H3,28,29)(H,32,33,36). The average Bonchev–Trinajstić information content (AvgIpc) is 3.28. The molecule has 0 aliphatic rings. The van der Waals surface area contributed by atoms with Gasteiger partial charge in [0.15, 0.2) is 23.1 Å². The minimum absolute atomic E-state index is 0.0166. The Hall–Kier alpha value is -4.72. The average molecular weight is 600 g/mol. The van der Waals surface area contributed by atoms with Crippen LogP contribution in [-0.2, 0) is 4.79 Å². The lowest BCUT2D eigenvalue weighted by Crippen LogP contribution is -2.18. The number of nitrogen functional groups attached to an aromatic ring is 1. The second-order valence-electron chi connectivity index (χ2n) is 8.06. The van der Waals surface area contributed by atoms with E-state index < -0.39 is 23.5 Å². The lowest BCUT2D eigenvalue weighted by Gasteiger charge is -2.21. The fourth-order valence-electron chi connectivity index (χ4n) is 3.77. The lowest BCUT2D eigenvalue weighted by molar-refractivity contribution is -0.131. The molecule has 202 valence electrons. The van der Waals surface area contributed by atoms with Gasteiger partial charge in [-0.3, -0.25) is 15.2 Å². The third-order valence-corrected chi connectivity index (χ3v) is 6.12. The molecule has 0 saturated carbocycles. The van der Waals surface area contributed by atoms with Gasteiger partial charge in [0.2, 0.25) is 0 Å². The number of nitrogens with two attached hydrogens (primary N) is 1. The highest BCUT2D eigenvalue weighted by atomic mass is 79.9. The molecule has 2 aromatic carbocycles. The van der Waals surface area contributed by atoms with E-state index in [4.69, 9.17) is 25.4 Å². The van der Waals surface area contributed by atoms with Crippen LogP contribution in [0, 0.1) is 11.2 Å². The number of nitrogens with zero attached hydrogens (tertiary/aromatic N) is 3. The minimum atomic E-state index is -1.09. The van der Waals surface area contributed by atoms with E-state index in [1.807, 2.05) is 0 Å². The lowest BCUT2D eigenvalue weighted by atomic mass is 10.0. The molecule has 0 amide bonds. The number of hydrogen-bond acceptors (Lipinski definition) is 9. The van der Waals surface area contributed by atoms with Crippen LogP contribution < -0.4 is 31.0 Å². The molecule has 39 heavy (non-hydrogen) atoms. The molecule has 2 aromatic heterocycles. The minimum Gasteiger partial charge on any atom is -0.493 e. The summed E-state index contributed by atoms with van der Waals surface area (Å²) in [5, 5.41) is 15.3.